The van der Waals surface area contributed by atoms with Gasteiger partial charge in [-0.2, -0.15) is 0 Å². The maximum absolute atomic E-state index is 13.0. The number of urea groups is 1. The number of barbiturate groups is 1. The Labute approximate surface area is 215 Å². The van der Waals surface area contributed by atoms with Gasteiger partial charge in [-0.15, -0.1) is 0 Å². The van der Waals surface area contributed by atoms with Crippen LogP contribution in [0.25, 0.3) is 6.08 Å². The fraction of sp³-hybridized carbons (Fsp3) is 0.0800. The fourth-order valence-electron chi connectivity index (χ4n) is 3.36. The van der Waals surface area contributed by atoms with Gasteiger partial charge in [0.2, 0.25) is 0 Å². The van der Waals surface area contributed by atoms with Crippen molar-refractivity contribution in [2.45, 2.75) is 6.61 Å². The van der Waals surface area contributed by atoms with Gasteiger partial charge in [0.25, 0.3) is 11.8 Å². The second kappa shape index (κ2) is 10.4. The van der Waals surface area contributed by atoms with Crippen LogP contribution in [0.2, 0.25) is 15.1 Å². The first-order valence-corrected chi connectivity index (χ1v) is 11.3. The van der Waals surface area contributed by atoms with Crippen LogP contribution in [0.4, 0.5) is 10.5 Å². The molecule has 3 aromatic carbocycles. The summed E-state index contributed by atoms with van der Waals surface area (Å²) in [5, 5.41) is 3.56. The van der Waals surface area contributed by atoms with Crippen LogP contribution in [0.5, 0.6) is 11.5 Å². The Balaban J connectivity index is 1.60. The Hall–Kier alpha value is -3.52. The van der Waals surface area contributed by atoms with Crippen molar-refractivity contribution in [2.75, 3.05) is 12.0 Å². The lowest BCUT2D eigenvalue weighted by atomic mass is 10.1. The molecular weight excluding hydrogens is 515 g/mol. The van der Waals surface area contributed by atoms with Crippen molar-refractivity contribution in [3.8, 4) is 11.5 Å². The molecule has 4 rings (SSSR count). The number of rotatable bonds is 6. The molecule has 1 fully saturated rings. The van der Waals surface area contributed by atoms with Gasteiger partial charge < -0.3 is 9.47 Å². The molecule has 0 spiro atoms. The molecule has 7 nitrogen and oxygen atoms in total. The Bertz CT molecular complexity index is 1340. The summed E-state index contributed by atoms with van der Waals surface area (Å²) in [6.45, 7) is 0.106. The van der Waals surface area contributed by atoms with E-state index in [9.17, 15) is 14.4 Å². The van der Waals surface area contributed by atoms with Crippen molar-refractivity contribution in [3.05, 3.63) is 92.4 Å². The molecule has 3 aromatic rings. The second-order valence-corrected chi connectivity index (χ2v) is 8.58. The predicted octanol–water partition coefficient (Wildman–Crippen LogP) is 5.90. The van der Waals surface area contributed by atoms with Crippen LogP contribution >= 0.6 is 34.8 Å². The SMILES string of the molecule is COc1cc(/C=C2\C(=O)NC(=O)N(c3ccc(Cl)cc3)C2=O)ccc1OCc1c(Cl)cccc1Cl. The maximum Gasteiger partial charge on any atom is 0.335 e. The van der Waals surface area contributed by atoms with E-state index in [1.165, 1.54) is 37.5 Å². The van der Waals surface area contributed by atoms with E-state index in [0.29, 0.717) is 37.7 Å². The predicted molar refractivity (Wildman–Crippen MR) is 134 cm³/mol. The maximum atomic E-state index is 13.0. The van der Waals surface area contributed by atoms with E-state index in [1.54, 1.807) is 36.4 Å². The van der Waals surface area contributed by atoms with Gasteiger partial charge in [0.05, 0.1) is 12.8 Å². The fourth-order valence-corrected chi connectivity index (χ4v) is 3.99. The summed E-state index contributed by atoms with van der Waals surface area (Å²) < 4.78 is 11.3. The zero-order valence-corrected chi connectivity index (χ0v) is 20.4. The summed E-state index contributed by atoms with van der Waals surface area (Å²) in [4.78, 5) is 38.7. The molecule has 0 unspecified atom stereocenters. The summed E-state index contributed by atoms with van der Waals surface area (Å²) in [7, 11) is 1.46. The molecule has 1 heterocycles. The largest absolute Gasteiger partial charge is 0.493 e. The number of hydrogen-bond acceptors (Lipinski definition) is 5. The number of halogens is 3. The summed E-state index contributed by atoms with van der Waals surface area (Å²) in [5.74, 6) is -0.813. The molecule has 0 aliphatic carbocycles. The Morgan fingerprint density at radius 2 is 1.60 bits per heavy atom. The number of benzene rings is 3. The van der Waals surface area contributed by atoms with Crippen LogP contribution < -0.4 is 19.7 Å². The Kier molecular flexibility index (Phi) is 7.31. The highest BCUT2D eigenvalue weighted by Gasteiger charge is 2.36. The number of imide groups is 2. The van der Waals surface area contributed by atoms with Crippen LogP contribution in [0.3, 0.4) is 0 Å². The molecule has 0 aromatic heterocycles. The first kappa shape index (κ1) is 24.6. The third-order valence-electron chi connectivity index (χ3n) is 5.12. The molecule has 35 heavy (non-hydrogen) atoms. The summed E-state index contributed by atoms with van der Waals surface area (Å²) in [6, 6.07) is 15.3. The molecule has 0 radical (unpaired) electrons. The molecule has 1 saturated heterocycles. The number of ether oxygens (including phenoxy) is 2. The number of carbonyl (C=O) groups excluding carboxylic acids is 3. The van der Waals surface area contributed by atoms with Gasteiger partial charge in [-0.1, -0.05) is 46.9 Å². The number of nitrogens with one attached hydrogen (secondary N) is 1. The first-order valence-electron chi connectivity index (χ1n) is 10.2. The van der Waals surface area contributed by atoms with Crippen molar-refractivity contribution >= 4 is 64.4 Å². The highest BCUT2D eigenvalue weighted by molar-refractivity contribution is 6.39. The minimum absolute atomic E-state index is 0.106. The third-order valence-corrected chi connectivity index (χ3v) is 6.08. The van der Waals surface area contributed by atoms with E-state index >= 15 is 0 Å². The molecule has 1 N–H and O–H groups in total. The van der Waals surface area contributed by atoms with Crippen LogP contribution in [0.1, 0.15) is 11.1 Å². The second-order valence-electron chi connectivity index (χ2n) is 7.33. The van der Waals surface area contributed by atoms with E-state index in [2.05, 4.69) is 5.32 Å². The first-order chi connectivity index (χ1) is 16.8. The van der Waals surface area contributed by atoms with E-state index in [4.69, 9.17) is 44.3 Å². The van der Waals surface area contributed by atoms with Crippen LogP contribution in [0.15, 0.2) is 66.2 Å². The molecule has 1 aliphatic heterocycles. The average molecular weight is 532 g/mol. The van der Waals surface area contributed by atoms with Crippen molar-refractivity contribution in [3.63, 3.8) is 0 Å². The monoisotopic (exact) mass is 530 g/mol. The van der Waals surface area contributed by atoms with Crippen molar-refractivity contribution < 1.29 is 23.9 Å². The number of anilines is 1. The molecular formula is C25H17Cl3N2O5. The molecule has 10 heteroatoms. The van der Waals surface area contributed by atoms with E-state index < -0.39 is 17.8 Å². The zero-order valence-electron chi connectivity index (χ0n) is 18.2. The summed E-state index contributed by atoms with van der Waals surface area (Å²) >= 11 is 18.3. The number of amides is 4. The van der Waals surface area contributed by atoms with E-state index in [0.717, 1.165) is 4.90 Å². The van der Waals surface area contributed by atoms with Gasteiger partial charge in [-0.05, 0) is 60.2 Å². The third kappa shape index (κ3) is 5.27. The van der Waals surface area contributed by atoms with Gasteiger partial charge in [0.1, 0.15) is 12.2 Å². The van der Waals surface area contributed by atoms with Gasteiger partial charge in [-0.3, -0.25) is 14.9 Å². The van der Waals surface area contributed by atoms with Gasteiger partial charge in [0.15, 0.2) is 11.5 Å². The molecule has 0 saturated carbocycles. The minimum Gasteiger partial charge on any atom is -0.493 e. The van der Waals surface area contributed by atoms with Crippen LogP contribution in [-0.2, 0) is 16.2 Å². The van der Waals surface area contributed by atoms with Crippen molar-refractivity contribution in [2.24, 2.45) is 0 Å². The van der Waals surface area contributed by atoms with Crippen LogP contribution in [-0.4, -0.2) is 25.0 Å². The number of methoxy groups -OCH3 is 1. The minimum atomic E-state index is -0.848. The molecule has 0 atom stereocenters. The highest BCUT2D eigenvalue weighted by atomic mass is 35.5. The summed E-state index contributed by atoms with van der Waals surface area (Å²) in [5.41, 5.74) is 1.15. The normalized spacial score (nSPS) is 14.8. The standard InChI is InChI=1S/C25H17Cl3N2O5/c1-34-22-12-14(5-10-21(22)35-13-18-19(27)3-2-4-20(18)28)11-17-23(31)29-25(33)30(24(17)32)16-8-6-15(26)7-9-16/h2-12H,13H2,1H3,(H,29,31,33)/b17-11+. The smallest absolute Gasteiger partial charge is 0.335 e. The average Bonchev–Trinajstić information content (AvgIpc) is 2.83. The van der Waals surface area contributed by atoms with Crippen LogP contribution in [0, 0.1) is 0 Å². The molecule has 0 bridgehead atoms. The zero-order chi connectivity index (χ0) is 25.1. The Morgan fingerprint density at radius 3 is 2.26 bits per heavy atom. The van der Waals surface area contributed by atoms with Gasteiger partial charge in [-0.25, -0.2) is 9.69 Å². The summed E-state index contributed by atoms with van der Waals surface area (Å²) in [6.07, 6.45) is 1.37. The van der Waals surface area contributed by atoms with Gasteiger partial charge in [0, 0.05) is 20.6 Å². The lowest BCUT2D eigenvalue weighted by Crippen LogP contribution is -2.54. The lowest BCUT2D eigenvalue weighted by Gasteiger charge is -2.26. The molecule has 4 amide bonds. The molecule has 1 aliphatic rings. The van der Waals surface area contributed by atoms with E-state index in [-0.39, 0.29) is 17.9 Å². The quantitative estimate of drug-likeness (QED) is 0.316. The number of nitrogens with zero attached hydrogens (tertiary/aromatic N) is 1. The Morgan fingerprint density at radius 1 is 0.914 bits per heavy atom. The van der Waals surface area contributed by atoms with Gasteiger partial charge >= 0.3 is 6.03 Å². The number of hydrogen-bond donors (Lipinski definition) is 1. The topological polar surface area (TPSA) is 84.9 Å². The molecule has 178 valence electrons. The highest BCUT2D eigenvalue weighted by Crippen LogP contribution is 2.32. The lowest BCUT2D eigenvalue weighted by molar-refractivity contribution is -0.122. The number of carbonyl (C=O) groups is 3. The van der Waals surface area contributed by atoms with E-state index in [1.807, 2.05) is 0 Å². The van der Waals surface area contributed by atoms with Crippen molar-refractivity contribution in [1.82, 2.24) is 5.32 Å². The van der Waals surface area contributed by atoms with Crippen molar-refractivity contribution in [1.29, 1.82) is 0 Å².